The molecular formula is C8H4ClF4NO3. The molecule has 0 aliphatic rings. The summed E-state index contributed by atoms with van der Waals surface area (Å²) in [7, 11) is 0. The zero-order valence-electron chi connectivity index (χ0n) is 7.89. The van der Waals surface area contributed by atoms with Crippen molar-refractivity contribution in [2.45, 2.75) is 12.2 Å². The highest BCUT2D eigenvalue weighted by Gasteiger charge is 2.34. The minimum absolute atomic E-state index is 0.246. The molecule has 1 N–H and O–H groups in total. The number of halogens is 5. The van der Waals surface area contributed by atoms with E-state index in [1.165, 1.54) is 0 Å². The lowest BCUT2D eigenvalue weighted by atomic mass is 10.2. The summed E-state index contributed by atoms with van der Waals surface area (Å²) in [6.07, 6.45) is -5.14. The predicted octanol–water partition coefficient (Wildman–Crippen LogP) is 2.56. The van der Waals surface area contributed by atoms with Crippen LogP contribution >= 0.6 is 11.6 Å². The number of carbonyl (C=O) groups is 1. The summed E-state index contributed by atoms with van der Waals surface area (Å²) < 4.78 is 52.3. The van der Waals surface area contributed by atoms with E-state index in [4.69, 9.17) is 16.7 Å². The van der Waals surface area contributed by atoms with E-state index in [2.05, 4.69) is 9.72 Å². The summed E-state index contributed by atoms with van der Waals surface area (Å²) in [6.45, 7) is 0. The SMILES string of the molecule is O=C(O)c1nc(CCl)cc(OC(F)(F)F)c1F. The highest BCUT2D eigenvalue weighted by atomic mass is 35.5. The van der Waals surface area contributed by atoms with Gasteiger partial charge in [-0.15, -0.1) is 24.8 Å². The largest absolute Gasteiger partial charge is 0.573 e. The molecule has 9 heteroatoms. The second-order valence-corrected chi connectivity index (χ2v) is 3.03. The van der Waals surface area contributed by atoms with Crippen LogP contribution in [-0.4, -0.2) is 22.4 Å². The van der Waals surface area contributed by atoms with Crippen LogP contribution in [0.5, 0.6) is 5.75 Å². The van der Waals surface area contributed by atoms with Crippen LogP contribution in [0.4, 0.5) is 17.6 Å². The van der Waals surface area contributed by atoms with E-state index in [-0.39, 0.29) is 11.6 Å². The van der Waals surface area contributed by atoms with Crippen LogP contribution in [-0.2, 0) is 5.88 Å². The molecular weight excluding hydrogens is 270 g/mol. The van der Waals surface area contributed by atoms with Gasteiger partial charge in [-0.2, -0.15) is 0 Å². The summed E-state index contributed by atoms with van der Waals surface area (Å²) in [6, 6.07) is 0.586. The predicted molar refractivity (Wildman–Crippen MR) is 47.4 cm³/mol. The smallest absolute Gasteiger partial charge is 0.476 e. The fourth-order valence-corrected chi connectivity index (χ4v) is 1.10. The maximum atomic E-state index is 13.3. The van der Waals surface area contributed by atoms with Gasteiger partial charge in [0.15, 0.2) is 17.3 Å². The summed E-state index contributed by atoms with van der Waals surface area (Å²) in [4.78, 5) is 13.8. The van der Waals surface area contributed by atoms with Crippen molar-refractivity contribution in [3.63, 3.8) is 0 Å². The number of rotatable bonds is 3. The fraction of sp³-hybridized carbons (Fsp3) is 0.250. The van der Waals surface area contributed by atoms with Gasteiger partial charge in [0.05, 0.1) is 11.6 Å². The lowest BCUT2D eigenvalue weighted by Crippen LogP contribution is -2.19. The minimum Gasteiger partial charge on any atom is -0.476 e. The molecule has 1 heterocycles. The van der Waals surface area contributed by atoms with Crippen molar-refractivity contribution >= 4 is 17.6 Å². The zero-order chi connectivity index (χ0) is 13.2. The van der Waals surface area contributed by atoms with Gasteiger partial charge >= 0.3 is 12.3 Å². The highest BCUT2D eigenvalue weighted by molar-refractivity contribution is 6.16. The Morgan fingerprint density at radius 2 is 2.12 bits per heavy atom. The maximum Gasteiger partial charge on any atom is 0.573 e. The molecule has 0 fully saturated rings. The molecule has 0 saturated heterocycles. The Balaban J connectivity index is 3.29. The molecule has 0 unspecified atom stereocenters. The van der Waals surface area contributed by atoms with Crippen LogP contribution in [0.15, 0.2) is 6.07 Å². The first-order valence-corrected chi connectivity index (χ1v) is 4.52. The van der Waals surface area contributed by atoms with Crippen LogP contribution in [0.3, 0.4) is 0 Å². The van der Waals surface area contributed by atoms with Gasteiger partial charge in [0.1, 0.15) is 0 Å². The molecule has 4 nitrogen and oxygen atoms in total. The number of alkyl halides is 4. The quantitative estimate of drug-likeness (QED) is 0.679. The van der Waals surface area contributed by atoms with E-state index in [0.717, 1.165) is 0 Å². The molecule has 0 radical (unpaired) electrons. The first kappa shape index (κ1) is 13.5. The van der Waals surface area contributed by atoms with Crippen molar-refractivity contribution in [2.75, 3.05) is 0 Å². The monoisotopic (exact) mass is 273 g/mol. The Bertz CT molecular complexity index is 449. The molecule has 0 bridgehead atoms. The number of nitrogens with zero attached hydrogens (tertiary/aromatic N) is 1. The van der Waals surface area contributed by atoms with E-state index < -0.39 is 29.6 Å². The molecule has 0 aliphatic heterocycles. The van der Waals surface area contributed by atoms with Crippen LogP contribution in [0.2, 0.25) is 0 Å². The van der Waals surface area contributed by atoms with Crippen molar-refractivity contribution in [1.82, 2.24) is 4.98 Å². The van der Waals surface area contributed by atoms with Crippen LogP contribution in [0.1, 0.15) is 16.2 Å². The minimum atomic E-state index is -5.14. The van der Waals surface area contributed by atoms with Gasteiger partial charge in [0, 0.05) is 6.07 Å². The molecule has 0 amide bonds. The number of hydrogen-bond donors (Lipinski definition) is 1. The van der Waals surface area contributed by atoms with Gasteiger partial charge in [-0.3, -0.25) is 0 Å². The molecule has 1 rings (SSSR count). The summed E-state index contributed by atoms with van der Waals surface area (Å²) in [5, 5.41) is 8.53. The van der Waals surface area contributed by atoms with Gasteiger partial charge in [-0.1, -0.05) is 0 Å². The van der Waals surface area contributed by atoms with E-state index in [0.29, 0.717) is 6.07 Å². The molecule has 1 aromatic heterocycles. The zero-order valence-corrected chi connectivity index (χ0v) is 8.64. The topological polar surface area (TPSA) is 59.4 Å². The average Bonchev–Trinajstić information content (AvgIpc) is 2.18. The van der Waals surface area contributed by atoms with Crippen molar-refractivity contribution in [1.29, 1.82) is 0 Å². The number of carboxylic acids is 1. The molecule has 0 spiro atoms. The Labute approximate surface area is 96.8 Å². The lowest BCUT2D eigenvalue weighted by Gasteiger charge is -2.11. The standard InChI is InChI=1S/C8H4ClF4NO3/c9-2-3-1-4(17-8(11,12)13)5(10)6(14-3)7(15)16/h1H,2H2,(H,15,16). The highest BCUT2D eigenvalue weighted by Crippen LogP contribution is 2.28. The Hall–Kier alpha value is -1.57. The van der Waals surface area contributed by atoms with Crippen LogP contribution < -0.4 is 4.74 Å². The number of aromatic nitrogens is 1. The van der Waals surface area contributed by atoms with E-state index in [1.54, 1.807) is 0 Å². The maximum absolute atomic E-state index is 13.3. The van der Waals surface area contributed by atoms with Crippen LogP contribution in [0, 0.1) is 5.82 Å². The van der Waals surface area contributed by atoms with Crippen LogP contribution in [0.25, 0.3) is 0 Å². The Morgan fingerprint density at radius 3 is 2.53 bits per heavy atom. The Morgan fingerprint density at radius 1 is 1.53 bits per heavy atom. The summed E-state index contributed by atoms with van der Waals surface area (Å²) in [5.41, 5.74) is -1.42. The molecule has 0 atom stereocenters. The number of ether oxygens (including phenoxy) is 1. The van der Waals surface area contributed by atoms with Gasteiger partial charge in [0.25, 0.3) is 0 Å². The summed E-state index contributed by atoms with van der Waals surface area (Å²) in [5.74, 6) is -5.18. The molecule has 1 aromatic rings. The molecule has 0 saturated carbocycles. The number of carboxylic acid groups (broad SMARTS) is 1. The molecule has 0 aliphatic carbocycles. The molecule has 94 valence electrons. The van der Waals surface area contributed by atoms with E-state index in [1.807, 2.05) is 0 Å². The first-order chi connectivity index (χ1) is 7.74. The third kappa shape index (κ3) is 3.45. The number of aromatic carboxylic acids is 1. The van der Waals surface area contributed by atoms with E-state index in [9.17, 15) is 22.4 Å². The second-order valence-electron chi connectivity index (χ2n) is 2.76. The third-order valence-corrected chi connectivity index (χ3v) is 1.82. The van der Waals surface area contributed by atoms with Crippen molar-refractivity contribution in [2.24, 2.45) is 0 Å². The third-order valence-electron chi connectivity index (χ3n) is 1.54. The van der Waals surface area contributed by atoms with Gasteiger partial charge in [0.2, 0.25) is 0 Å². The average molecular weight is 274 g/mol. The van der Waals surface area contributed by atoms with Crippen molar-refractivity contribution in [3.05, 3.63) is 23.3 Å². The molecule has 17 heavy (non-hydrogen) atoms. The molecule has 0 aromatic carbocycles. The number of hydrogen-bond acceptors (Lipinski definition) is 3. The second kappa shape index (κ2) is 4.74. The van der Waals surface area contributed by atoms with E-state index >= 15 is 0 Å². The lowest BCUT2D eigenvalue weighted by molar-refractivity contribution is -0.275. The van der Waals surface area contributed by atoms with Crippen molar-refractivity contribution in [3.8, 4) is 5.75 Å². The van der Waals surface area contributed by atoms with Crippen molar-refractivity contribution < 1.29 is 32.2 Å². The summed E-state index contributed by atoms with van der Waals surface area (Å²) >= 11 is 5.28. The Kier molecular flexibility index (Phi) is 3.76. The first-order valence-electron chi connectivity index (χ1n) is 3.99. The van der Waals surface area contributed by atoms with Gasteiger partial charge in [-0.25, -0.2) is 14.2 Å². The van der Waals surface area contributed by atoms with Gasteiger partial charge in [-0.05, 0) is 0 Å². The normalized spacial score (nSPS) is 11.4. The fourth-order valence-electron chi connectivity index (χ4n) is 0.965. The number of pyridine rings is 1. The van der Waals surface area contributed by atoms with Gasteiger partial charge < -0.3 is 9.84 Å².